The molecule has 0 saturated carbocycles. The topological polar surface area (TPSA) is 67.1 Å². The number of nitrogens with one attached hydrogen (secondary N) is 1. The Hall–Kier alpha value is -2.11. The highest BCUT2D eigenvalue weighted by Crippen LogP contribution is 2.21. The molecule has 3 heterocycles. The van der Waals surface area contributed by atoms with E-state index in [1.807, 2.05) is 19.1 Å². The van der Waals surface area contributed by atoms with E-state index >= 15 is 0 Å². The minimum Gasteiger partial charge on any atom is -0.360 e. The molecule has 0 aliphatic carbocycles. The number of aryl methyl sites for hydroxylation is 1. The monoisotopic (exact) mass is 273 g/mol. The van der Waals surface area contributed by atoms with Gasteiger partial charge >= 0.3 is 0 Å². The van der Waals surface area contributed by atoms with Gasteiger partial charge in [-0.25, -0.2) is 9.97 Å². The average molecular weight is 273 g/mol. The highest BCUT2D eigenvalue weighted by Gasteiger charge is 2.12. The lowest BCUT2D eigenvalue weighted by Gasteiger charge is -2.21. The lowest BCUT2D eigenvalue weighted by atomic mass is 10.2. The van der Waals surface area contributed by atoms with Crippen molar-refractivity contribution in [3.8, 4) is 0 Å². The molecule has 0 radical (unpaired) electrons. The number of hydrogen-bond donors (Lipinski definition) is 1. The second kappa shape index (κ2) is 5.90. The summed E-state index contributed by atoms with van der Waals surface area (Å²) in [6.07, 6.45) is 6.68. The predicted molar refractivity (Wildman–Crippen MR) is 77.2 cm³/mol. The van der Waals surface area contributed by atoms with Crippen molar-refractivity contribution in [2.75, 3.05) is 23.3 Å². The van der Waals surface area contributed by atoms with Gasteiger partial charge in [-0.15, -0.1) is 0 Å². The van der Waals surface area contributed by atoms with Crippen LogP contribution in [0.15, 0.2) is 23.0 Å². The lowest BCUT2D eigenvalue weighted by molar-refractivity contribution is 0.400. The van der Waals surface area contributed by atoms with Gasteiger partial charge in [0.2, 0.25) is 0 Å². The van der Waals surface area contributed by atoms with E-state index < -0.39 is 0 Å². The largest absolute Gasteiger partial charge is 0.360 e. The molecule has 0 amide bonds. The third-order valence-corrected chi connectivity index (χ3v) is 3.47. The minimum absolute atomic E-state index is 0.669. The van der Waals surface area contributed by atoms with Crippen LogP contribution >= 0.6 is 0 Å². The van der Waals surface area contributed by atoms with Gasteiger partial charge in [0.25, 0.3) is 0 Å². The van der Waals surface area contributed by atoms with Crippen molar-refractivity contribution >= 4 is 17.5 Å². The number of rotatable bonds is 3. The van der Waals surface area contributed by atoms with Crippen LogP contribution in [0.4, 0.5) is 17.5 Å². The minimum atomic E-state index is 0.669. The van der Waals surface area contributed by atoms with E-state index in [2.05, 4.69) is 25.3 Å². The maximum atomic E-state index is 5.03. The Labute approximate surface area is 118 Å². The second-order valence-corrected chi connectivity index (χ2v) is 5.11. The molecule has 0 spiro atoms. The van der Waals surface area contributed by atoms with Crippen LogP contribution in [-0.2, 0) is 0 Å². The first-order valence-corrected chi connectivity index (χ1v) is 7.08. The number of hydrogen-bond acceptors (Lipinski definition) is 6. The SMILES string of the molecule is Cc1cc(Nc2cc(N3CCCCCC3)ncn2)no1. The Morgan fingerprint density at radius 2 is 1.85 bits per heavy atom. The van der Waals surface area contributed by atoms with Crippen molar-refractivity contribution in [3.63, 3.8) is 0 Å². The Balaban J connectivity index is 1.74. The molecule has 6 heteroatoms. The summed E-state index contributed by atoms with van der Waals surface area (Å²) in [7, 11) is 0. The zero-order valence-electron chi connectivity index (χ0n) is 11.7. The molecule has 0 aromatic carbocycles. The molecular formula is C14H19N5O. The van der Waals surface area contributed by atoms with Gasteiger partial charge in [0.05, 0.1) is 0 Å². The van der Waals surface area contributed by atoms with E-state index in [4.69, 9.17) is 4.52 Å². The van der Waals surface area contributed by atoms with Crippen molar-refractivity contribution < 1.29 is 4.52 Å². The number of anilines is 3. The maximum Gasteiger partial charge on any atom is 0.175 e. The van der Waals surface area contributed by atoms with Crippen molar-refractivity contribution in [1.29, 1.82) is 0 Å². The summed E-state index contributed by atoms with van der Waals surface area (Å²) in [4.78, 5) is 10.9. The van der Waals surface area contributed by atoms with E-state index in [9.17, 15) is 0 Å². The zero-order chi connectivity index (χ0) is 13.8. The summed E-state index contributed by atoms with van der Waals surface area (Å²) in [5.41, 5.74) is 0. The fourth-order valence-electron chi connectivity index (χ4n) is 2.44. The van der Waals surface area contributed by atoms with E-state index in [1.165, 1.54) is 25.7 Å². The van der Waals surface area contributed by atoms with Crippen molar-refractivity contribution in [2.24, 2.45) is 0 Å². The molecule has 2 aromatic heterocycles. The molecule has 1 aliphatic heterocycles. The molecule has 1 N–H and O–H groups in total. The highest BCUT2D eigenvalue weighted by atomic mass is 16.5. The molecule has 3 rings (SSSR count). The average Bonchev–Trinajstić information content (AvgIpc) is 2.71. The van der Waals surface area contributed by atoms with E-state index in [-0.39, 0.29) is 0 Å². The van der Waals surface area contributed by atoms with Crippen molar-refractivity contribution in [1.82, 2.24) is 15.1 Å². The summed E-state index contributed by atoms with van der Waals surface area (Å²) in [5.74, 6) is 3.16. The van der Waals surface area contributed by atoms with E-state index in [0.29, 0.717) is 5.82 Å². The Morgan fingerprint density at radius 1 is 1.05 bits per heavy atom. The van der Waals surface area contributed by atoms with Gasteiger partial charge in [0.1, 0.15) is 23.7 Å². The number of aromatic nitrogens is 3. The molecule has 1 aliphatic rings. The van der Waals surface area contributed by atoms with Crippen LogP contribution in [0, 0.1) is 6.92 Å². The van der Waals surface area contributed by atoms with Crippen LogP contribution in [-0.4, -0.2) is 28.2 Å². The second-order valence-electron chi connectivity index (χ2n) is 5.11. The van der Waals surface area contributed by atoms with Crippen LogP contribution in [0.1, 0.15) is 31.4 Å². The van der Waals surface area contributed by atoms with Gasteiger partial charge in [-0.2, -0.15) is 0 Å². The fraction of sp³-hybridized carbons (Fsp3) is 0.500. The summed E-state index contributed by atoms with van der Waals surface area (Å²) in [6.45, 7) is 4.00. The van der Waals surface area contributed by atoms with Crippen LogP contribution in [0.2, 0.25) is 0 Å². The van der Waals surface area contributed by atoms with Crippen LogP contribution in [0.25, 0.3) is 0 Å². The van der Waals surface area contributed by atoms with Gasteiger partial charge in [-0.05, 0) is 19.8 Å². The lowest BCUT2D eigenvalue weighted by Crippen LogP contribution is -2.25. The molecule has 2 aromatic rings. The highest BCUT2D eigenvalue weighted by molar-refractivity contribution is 5.56. The Kier molecular flexibility index (Phi) is 3.80. The summed E-state index contributed by atoms with van der Waals surface area (Å²) >= 11 is 0. The zero-order valence-corrected chi connectivity index (χ0v) is 11.7. The summed E-state index contributed by atoms with van der Waals surface area (Å²) < 4.78 is 5.03. The molecule has 6 nitrogen and oxygen atoms in total. The van der Waals surface area contributed by atoms with Gasteiger partial charge in [0, 0.05) is 25.2 Å². The molecule has 1 saturated heterocycles. The maximum absolute atomic E-state index is 5.03. The van der Waals surface area contributed by atoms with Crippen LogP contribution in [0.3, 0.4) is 0 Å². The fourth-order valence-corrected chi connectivity index (χ4v) is 2.44. The Morgan fingerprint density at radius 3 is 2.55 bits per heavy atom. The van der Waals surface area contributed by atoms with Crippen molar-refractivity contribution in [3.05, 3.63) is 24.2 Å². The smallest absolute Gasteiger partial charge is 0.175 e. The van der Waals surface area contributed by atoms with Gasteiger partial charge < -0.3 is 14.7 Å². The first-order chi connectivity index (χ1) is 9.81. The van der Waals surface area contributed by atoms with Crippen molar-refractivity contribution in [2.45, 2.75) is 32.6 Å². The standard InChI is InChI=1S/C14H19N5O/c1-11-8-13(18-20-11)17-12-9-14(16-10-15-12)19-6-4-2-3-5-7-19/h8-10H,2-7H2,1H3,(H,15,16,17,18). The third kappa shape index (κ3) is 3.07. The van der Waals surface area contributed by atoms with Gasteiger partial charge in [0.15, 0.2) is 5.82 Å². The molecular weight excluding hydrogens is 254 g/mol. The molecule has 106 valence electrons. The van der Waals surface area contributed by atoms with Crippen LogP contribution < -0.4 is 10.2 Å². The molecule has 0 atom stereocenters. The van der Waals surface area contributed by atoms with E-state index in [1.54, 1.807) is 6.33 Å². The third-order valence-electron chi connectivity index (χ3n) is 3.47. The first kappa shape index (κ1) is 12.9. The molecule has 1 fully saturated rings. The van der Waals surface area contributed by atoms with Crippen LogP contribution in [0.5, 0.6) is 0 Å². The molecule has 20 heavy (non-hydrogen) atoms. The quantitative estimate of drug-likeness (QED) is 0.927. The number of nitrogens with zero attached hydrogens (tertiary/aromatic N) is 4. The summed E-state index contributed by atoms with van der Waals surface area (Å²) in [6, 6.07) is 3.81. The predicted octanol–water partition coefficient (Wildman–Crippen LogP) is 2.90. The molecule has 0 bridgehead atoms. The molecule has 0 unspecified atom stereocenters. The first-order valence-electron chi connectivity index (χ1n) is 7.08. The Bertz CT molecular complexity index is 560. The van der Waals surface area contributed by atoms with Gasteiger partial charge in [-0.1, -0.05) is 18.0 Å². The summed E-state index contributed by atoms with van der Waals surface area (Å²) in [5, 5.41) is 7.05. The van der Waals surface area contributed by atoms with Gasteiger partial charge in [-0.3, -0.25) is 0 Å². The normalized spacial score (nSPS) is 15.9. The van der Waals surface area contributed by atoms with E-state index in [0.717, 1.165) is 30.5 Å².